The average molecular weight is 322 g/mol. The summed E-state index contributed by atoms with van der Waals surface area (Å²) in [6.07, 6.45) is 6.01. The Morgan fingerprint density at radius 2 is 1.62 bits per heavy atom. The van der Waals surface area contributed by atoms with Crippen LogP contribution >= 0.6 is 0 Å². The minimum atomic E-state index is -0.108. The molecule has 24 heavy (non-hydrogen) atoms. The van der Waals surface area contributed by atoms with Crippen molar-refractivity contribution in [1.29, 1.82) is 0 Å². The number of hydrogen-bond acceptors (Lipinski definition) is 4. The lowest BCUT2D eigenvalue weighted by molar-refractivity contribution is 0.102. The molecule has 2 fully saturated rings. The molecule has 1 aromatic heterocycles. The molecule has 124 valence electrons. The number of aromatic nitrogens is 1. The highest BCUT2D eigenvalue weighted by Crippen LogP contribution is 2.28. The minimum Gasteiger partial charge on any atom is -0.369 e. The maximum Gasteiger partial charge on any atom is 0.255 e. The molecule has 2 heterocycles. The summed E-state index contributed by atoms with van der Waals surface area (Å²) in [4.78, 5) is 21.1. The van der Waals surface area contributed by atoms with E-state index in [1.54, 1.807) is 24.5 Å². The van der Waals surface area contributed by atoms with Crippen molar-refractivity contribution in [3.8, 4) is 0 Å². The molecule has 1 aliphatic heterocycles. The van der Waals surface area contributed by atoms with Gasteiger partial charge in [0.2, 0.25) is 0 Å². The number of amides is 1. The Hall–Kier alpha value is -2.40. The van der Waals surface area contributed by atoms with Crippen molar-refractivity contribution in [1.82, 2.24) is 9.88 Å². The van der Waals surface area contributed by atoms with Gasteiger partial charge in [0.1, 0.15) is 0 Å². The number of anilines is 2. The third-order valence-corrected chi connectivity index (χ3v) is 4.81. The Morgan fingerprint density at radius 1 is 0.958 bits per heavy atom. The van der Waals surface area contributed by atoms with Crippen LogP contribution in [-0.2, 0) is 0 Å². The molecule has 4 rings (SSSR count). The summed E-state index contributed by atoms with van der Waals surface area (Å²) in [5, 5.41) is 2.93. The van der Waals surface area contributed by atoms with Crippen molar-refractivity contribution in [2.24, 2.45) is 0 Å². The lowest BCUT2D eigenvalue weighted by Gasteiger charge is -2.36. The lowest BCUT2D eigenvalue weighted by Crippen LogP contribution is -2.47. The molecule has 0 spiro atoms. The van der Waals surface area contributed by atoms with E-state index in [1.807, 2.05) is 12.1 Å². The van der Waals surface area contributed by atoms with E-state index in [2.05, 4.69) is 32.2 Å². The van der Waals surface area contributed by atoms with Gasteiger partial charge < -0.3 is 10.2 Å². The molecule has 2 aliphatic rings. The molecule has 1 aromatic carbocycles. The summed E-state index contributed by atoms with van der Waals surface area (Å²) in [6, 6.07) is 12.4. The quantitative estimate of drug-likeness (QED) is 0.940. The smallest absolute Gasteiger partial charge is 0.255 e. The van der Waals surface area contributed by atoms with Crippen molar-refractivity contribution in [3.05, 3.63) is 54.4 Å². The molecular weight excluding hydrogens is 300 g/mol. The van der Waals surface area contributed by atoms with E-state index in [0.29, 0.717) is 5.56 Å². The Kier molecular flexibility index (Phi) is 4.17. The molecule has 1 aliphatic carbocycles. The van der Waals surface area contributed by atoms with Gasteiger partial charge in [0.15, 0.2) is 0 Å². The summed E-state index contributed by atoms with van der Waals surface area (Å²) < 4.78 is 0. The van der Waals surface area contributed by atoms with Crippen molar-refractivity contribution in [2.45, 2.75) is 18.9 Å². The van der Waals surface area contributed by atoms with Gasteiger partial charge in [-0.15, -0.1) is 0 Å². The number of rotatable bonds is 4. The fourth-order valence-electron chi connectivity index (χ4n) is 3.25. The van der Waals surface area contributed by atoms with Crippen LogP contribution < -0.4 is 10.2 Å². The van der Waals surface area contributed by atoms with Crippen LogP contribution in [0.3, 0.4) is 0 Å². The van der Waals surface area contributed by atoms with Gasteiger partial charge in [-0.2, -0.15) is 0 Å². The van der Waals surface area contributed by atoms with Crippen LogP contribution in [-0.4, -0.2) is 48.0 Å². The van der Waals surface area contributed by atoms with E-state index in [9.17, 15) is 4.79 Å². The topological polar surface area (TPSA) is 48.5 Å². The largest absolute Gasteiger partial charge is 0.369 e. The Balaban J connectivity index is 1.35. The molecular formula is C19H22N4O. The van der Waals surface area contributed by atoms with Crippen LogP contribution in [0.25, 0.3) is 0 Å². The van der Waals surface area contributed by atoms with E-state index in [4.69, 9.17) is 0 Å². The van der Waals surface area contributed by atoms with Crippen LogP contribution in [0.5, 0.6) is 0 Å². The highest BCUT2D eigenvalue weighted by Gasteiger charge is 2.31. The normalized spacial score (nSPS) is 18.4. The first-order valence-electron chi connectivity index (χ1n) is 8.60. The number of hydrogen-bond donors (Lipinski definition) is 1. The summed E-state index contributed by atoms with van der Waals surface area (Å²) in [7, 11) is 0. The van der Waals surface area contributed by atoms with E-state index in [1.165, 1.54) is 18.5 Å². The second-order valence-electron chi connectivity index (χ2n) is 6.49. The maximum atomic E-state index is 12.2. The van der Waals surface area contributed by atoms with Crippen molar-refractivity contribution in [2.75, 3.05) is 36.4 Å². The second kappa shape index (κ2) is 6.61. The van der Waals surface area contributed by atoms with E-state index in [-0.39, 0.29) is 5.91 Å². The van der Waals surface area contributed by atoms with Crippen molar-refractivity contribution in [3.63, 3.8) is 0 Å². The highest BCUT2D eigenvalue weighted by molar-refractivity contribution is 6.04. The van der Waals surface area contributed by atoms with E-state index < -0.39 is 0 Å². The summed E-state index contributed by atoms with van der Waals surface area (Å²) >= 11 is 0. The summed E-state index contributed by atoms with van der Waals surface area (Å²) in [5.74, 6) is -0.108. The van der Waals surface area contributed by atoms with Gasteiger partial charge in [-0.3, -0.25) is 14.7 Å². The first-order valence-corrected chi connectivity index (χ1v) is 8.60. The number of benzene rings is 1. The Morgan fingerprint density at radius 3 is 2.25 bits per heavy atom. The molecule has 1 amide bonds. The minimum absolute atomic E-state index is 0.108. The molecule has 5 heteroatoms. The second-order valence-corrected chi connectivity index (χ2v) is 6.49. The van der Waals surface area contributed by atoms with Crippen molar-refractivity contribution >= 4 is 17.3 Å². The molecule has 0 unspecified atom stereocenters. The van der Waals surface area contributed by atoms with Crippen LogP contribution in [0, 0.1) is 0 Å². The van der Waals surface area contributed by atoms with Gasteiger partial charge in [-0.25, -0.2) is 0 Å². The molecule has 5 nitrogen and oxygen atoms in total. The first kappa shape index (κ1) is 15.1. The maximum absolute atomic E-state index is 12.2. The molecule has 0 radical (unpaired) electrons. The SMILES string of the molecule is O=C(Nc1ccc(N2CCN(C3CC3)CC2)cc1)c1ccncc1. The molecule has 2 aromatic rings. The zero-order valence-electron chi connectivity index (χ0n) is 13.7. The third-order valence-electron chi connectivity index (χ3n) is 4.81. The van der Waals surface area contributed by atoms with Crippen LogP contribution in [0.2, 0.25) is 0 Å². The third kappa shape index (κ3) is 3.41. The van der Waals surface area contributed by atoms with Gasteiger partial charge in [0.25, 0.3) is 5.91 Å². The number of piperazine rings is 1. The van der Waals surface area contributed by atoms with Crippen LogP contribution in [0.4, 0.5) is 11.4 Å². The predicted molar refractivity (Wildman–Crippen MR) is 95.4 cm³/mol. The van der Waals surface area contributed by atoms with Crippen LogP contribution in [0.1, 0.15) is 23.2 Å². The van der Waals surface area contributed by atoms with Gasteiger partial charge >= 0.3 is 0 Å². The molecule has 0 bridgehead atoms. The van der Waals surface area contributed by atoms with E-state index in [0.717, 1.165) is 37.9 Å². The van der Waals surface area contributed by atoms with Gasteiger partial charge in [-0.05, 0) is 49.2 Å². The number of carbonyl (C=O) groups excluding carboxylic acids is 1. The monoisotopic (exact) mass is 322 g/mol. The summed E-state index contributed by atoms with van der Waals surface area (Å²) in [5.41, 5.74) is 2.66. The van der Waals surface area contributed by atoms with Crippen LogP contribution in [0.15, 0.2) is 48.8 Å². The fraction of sp³-hybridized carbons (Fsp3) is 0.368. The average Bonchev–Trinajstić information content (AvgIpc) is 3.48. The van der Waals surface area contributed by atoms with Gasteiger partial charge in [0.05, 0.1) is 0 Å². The zero-order chi connectivity index (χ0) is 16.4. The standard InChI is InChI=1S/C19H22N4O/c24-19(15-7-9-20-10-8-15)21-16-1-3-17(4-2-16)22-11-13-23(14-12-22)18-5-6-18/h1-4,7-10,18H,5-6,11-14H2,(H,21,24). The number of carbonyl (C=O) groups is 1. The van der Waals surface area contributed by atoms with Gasteiger partial charge in [-0.1, -0.05) is 0 Å². The lowest BCUT2D eigenvalue weighted by atomic mass is 10.2. The predicted octanol–water partition coefficient (Wildman–Crippen LogP) is 2.62. The van der Waals surface area contributed by atoms with E-state index >= 15 is 0 Å². The van der Waals surface area contributed by atoms with Crippen molar-refractivity contribution < 1.29 is 4.79 Å². The molecule has 1 saturated heterocycles. The Labute approximate surface area is 142 Å². The molecule has 1 N–H and O–H groups in total. The highest BCUT2D eigenvalue weighted by atomic mass is 16.1. The molecule has 0 atom stereocenters. The Bertz CT molecular complexity index is 689. The summed E-state index contributed by atoms with van der Waals surface area (Å²) in [6.45, 7) is 4.48. The number of nitrogens with one attached hydrogen (secondary N) is 1. The first-order chi connectivity index (χ1) is 11.8. The molecule has 1 saturated carbocycles. The number of nitrogens with zero attached hydrogens (tertiary/aromatic N) is 3. The van der Waals surface area contributed by atoms with Gasteiger partial charge in [0, 0.05) is 61.6 Å². The fourth-order valence-corrected chi connectivity index (χ4v) is 3.25. The zero-order valence-corrected chi connectivity index (χ0v) is 13.7. The number of pyridine rings is 1.